The predicted molar refractivity (Wildman–Crippen MR) is 81.2 cm³/mol. The Bertz CT molecular complexity index is 364. The Morgan fingerprint density at radius 1 is 1.16 bits per heavy atom. The minimum atomic E-state index is -0.141. The van der Waals surface area contributed by atoms with E-state index in [2.05, 4.69) is 24.5 Å². The molecule has 0 unspecified atom stereocenters. The standard InChI is InChI=1S/C16H27FN2/c1-4-14-7-8-16(15(17)11-14)19-10-6-5-9-18-12-13(2)3/h7-8,11,13,18-19H,4-6,9-10,12H2,1-3H3. The first kappa shape index (κ1) is 16.0. The fraction of sp³-hybridized carbons (Fsp3) is 0.625. The molecule has 0 bridgehead atoms. The van der Waals surface area contributed by atoms with Gasteiger partial charge in [-0.05, 0) is 56.0 Å². The maximum atomic E-state index is 13.7. The van der Waals surface area contributed by atoms with Crippen LogP contribution in [0.1, 0.15) is 39.2 Å². The van der Waals surface area contributed by atoms with Crippen LogP contribution in [-0.4, -0.2) is 19.6 Å². The average molecular weight is 266 g/mol. The molecular formula is C16H27FN2. The molecule has 2 nitrogen and oxygen atoms in total. The summed E-state index contributed by atoms with van der Waals surface area (Å²) >= 11 is 0. The van der Waals surface area contributed by atoms with E-state index in [1.165, 1.54) is 0 Å². The summed E-state index contributed by atoms with van der Waals surface area (Å²) in [5.74, 6) is 0.557. The maximum Gasteiger partial charge on any atom is 0.146 e. The maximum absolute atomic E-state index is 13.7. The first-order valence-electron chi connectivity index (χ1n) is 7.36. The van der Waals surface area contributed by atoms with Crippen LogP contribution in [0, 0.1) is 11.7 Å². The van der Waals surface area contributed by atoms with Crippen LogP contribution in [0.2, 0.25) is 0 Å². The second kappa shape index (κ2) is 8.92. The van der Waals surface area contributed by atoms with Crippen molar-refractivity contribution >= 4 is 5.69 Å². The molecular weight excluding hydrogens is 239 g/mol. The molecule has 0 saturated carbocycles. The lowest BCUT2D eigenvalue weighted by atomic mass is 10.1. The smallest absolute Gasteiger partial charge is 0.146 e. The number of aryl methyl sites for hydroxylation is 1. The highest BCUT2D eigenvalue weighted by atomic mass is 19.1. The van der Waals surface area contributed by atoms with Gasteiger partial charge in [-0.15, -0.1) is 0 Å². The SMILES string of the molecule is CCc1ccc(NCCCCNCC(C)C)c(F)c1. The highest BCUT2D eigenvalue weighted by Crippen LogP contribution is 2.16. The van der Waals surface area contributed by atoms with E-state index in [4.69, 9.17) is 0 Å². The fourth-order valence-electron chi connectivity index (χ4n) is 1.91. The van der Waals surface area contributed by atoms with Gasteiger partial charge in [0.05, 0.1) is 5.69 Å². The zero-order chi connectivity index (χ0) is 14.1. The van der Waals surface area contributed by atoms with Crippen molar-refractivity contribution in [1.29, 1.82) is 0 Å². The van der Waals surface area contributed by atoms with Crippen molar-refractivity contribution in [2.75, 3.05) is 25.0 Å². The number of nitrogens with one attached hydrogen (secondary N) is 2. The Balaban J connectivity index is 2.15. The monoisotopic (exact) mass is 266 g/mol. The number of hydrogen-bond acceptors (Lipinski definition) is 2. The number of halogens is 1. The molecule has 0 amide bonds. The van der Waals surface area contributed by atoms with Gasteiger partial charge < -0.3 is 10.6 Å². The summed E-state index contributed by atoms with van der Waals surface area (Å²) in [5, 5.41) is 6.57. The highest BCUT2D eigenvalue weighted by Gasteiger charge is 2.01. The van der Waals surface area contributed by atoms with E-state index in [9.17, 15) is 4.39 Å². The Morgan fingerprint density at radius 3 is 2.53 bits per heavy atom. The van der Waals surface area contributed by atoms with E-state index in [1.807, 2.05) is 19.1 Å². The minimum Gasteiger partial charge on any atom is -0.383 e. The highest BCUT2D eigenvalue weighted by molar-refractivity contribution is 5.46. The van der Waals surface area contributed by atoms with Crippen molar-refractivity contribution < 1.29 is 4.39 Å². The van der Waals surface area contributed by atoms with Crippen LogP contribution < -0.4 is 10.6 Å². The van der Waals surface area contributed by atoms with E-state index in [0.29, 0.717) is 11.6 Å². The van der Waals surface area contributed by atoms with Crippen LogP contribution in [0.15, 0.2) is 18.2 Å². The zero-order valence-corrected chi connectivity index (χ0v) is 12.4. The Labute approximate surface area is 116 Å². The summed E-state index contributed by atoms with van der Waals surface area (Å²) in [6.07, 6.45) is 3.05. The molecule has 0 heterocycles. The van der Waals surface area contributed by atoms with Crippen LogP contribution in [0.3, 0.4) is 0 Å². The molecule has 0 aromatic heterocycles. The number of rotatable bonds is 9. The molecule has 3 heteroatoms. The largest absolute Gasteiger partial charge is 0.383 e. The van der Waals surface area contributed by atoms with Crippen molar-refractivity contribution in [2.24, 2.45) is 5.92 Å². The number of unbranched alkanes of at least 4 members (excludes halogenated alkanes) is 1. The van der Waals surface area contributed by atoms with Crippen LogP contribution in [0.4, 0.5) is 10.1 Å². The molecule has 1 aromatic rings. The lowest BCUT2D eigenvalue weighted by Crippen LogP contribution is -2.21. The molecule has 0 radical (unpaired) electrons. The summed E-state index contributed by atoms with van der Waals surface area (Å²) in [6, 6.07) is 5.44. The molecule has 0 aliphatic heterocycles. The second-order valence-electron chi connectivity index (χ2n) is 5.40. The van der Waals surface area contributed by atoms with E-state index in [1.54, 1.807) is 6.07 Å². The van der Waals surface area contributed by atoms with Gasteiger partial charge in [0.2, 0.25) is 0 Å². The van der Waals surface area contributed by atoms with E-state index in [-0.39, 0.29) is 5.82 Å². The predicted octanol–water partition coefficient (Wildman–Crippen LogP) is 3.83. The van der Waals surface area contributed by atoms with E-state index >= 15 is 0 Å². The van der Waals surface area contributed by atoms with Gasteiger partial charge in [-0.1, -0.05) is 26.8 Å². The Kier molecular flexibility index (Phi) is 7.49. The molecule has 0 aliphatic rings. The summed E-state index contributed by atoms with van der Waals surface area (Å²) in [5.41, 5.74) is 1.66. The average Bonchev–Trinajstić information content (AvgIpc) is 2.38. The Morgan fingerprint density at radius 2 is 1.89 bits per heavy atom. The number of anilines is 1. The van der Waals surface area contributed by atoms with Gasteiger partial charge in [0, 0.05) is 6.54 Å². The van der Waals surface area contributed by atoms with Crippen LogP contribution in [0.5, 0.6) is 0 Å². The van der Waals surface area contributed by atoms with Crippen molar-refractivity contribution in [3.8, 4) is 0 Å². The lowest BCUT2D eigenvalue weighted by Gasteiger charge is -2.10. The van der Waals surface area contributed by atoms with Crippen LogP contribution >= 0.6 is 0 Å². The molecule has 19 heavy (non-hydrogen) atoms. The second-order valence-corrected chi connectivity index (χ2v) is 5.40. The number of benzene rings is 1. The summed E-state index contributed by atoms with van der Waals surface area (Å²) < 4.78 is 13.7. The summed E-state index contributed by atoms with van der Waals surface area (Å²) in [7, 11) is 0. The molecule has 0 saturated heterocycles. The molecule has 0 atom stereocenters. The lowest BCUT2D eigenvalue weighted by molar-refractivity contribution is 0.538. The molecule has 2 N–H and O–H groups in total. The van der Waals surface area contributed by atoms with Gasteiger partial charge in [-0.3, -0.25) is 0 Å². The van der Waals surface area contributed by atoms with Crippen molar-refractivity contribution in [1.82, 2.24) is 5.32 Å². The fourth-order valence-corrected chi connectivity index (χ4v) is 1.91. The normalized spacial score (nSPS) is 11.0. The van der Waals surface area contributed by atoms with E-state index in [0.717, 1.165) is 44.5 Å². The first-order chi connectivity index (χ1) is 9.13. The first-order valence-corrected chi connectivity index (χ1v) is 7.36. The summed E-state index contributed by atoms with van der Waals surface area (Å²) in [6.45, 7) is 9.38. The molecule has 0 aliphatic carbocycles. The van der Waals surface area contributed by atoms with Gasteiger partial charge in [-0.25, -0.2) is 4.39 Å². The third kappa shape index (κ3) is 6.58. The van der Waals surface area contributed by atoms with Crippen LogP contribution in [-0.2, 0) is 6.42 Å². The van der Waals surface area contributed by atoms with Crippen molar-refractivity contribution in [3.63, 3.8) is 0 Å². The number of hydrogen-bond donors (Lipinski definition) is 2. The third-order valence-electron chi connectivity index (χ3n) is 3.09. The molecule has 0 spiro atoms. The Hall–Kier alpha value is -1.09. The minimum absolute atomic E-state index is 0.141. The van der Waals surface area contributed by atoms with Gasteiger partial charge in [0.25, 0.3) is 0 Å². The van der Waals surface area contributed by atoms with Gasteiger partial charge in [0.15, 0.2) is 0 Å². The third-order valence-corrected chi connectivity index (χ3v) is 3.09. The molecule has 1 rings (SSSR count). The van der Waals surface area contributed by atoms with Crippen molar-refractivity contribution in [3.05, 3.63) is 29.6 Å². The zero-order valence-electron chi connectivity index (χ0n) is 12.4. The van der Waals surface area contributed by atoms with Gasteiger partial charge >= 0.3 is 0 Å². The van der Waals surface area contributed by atoms with Gasteiger partial charge in [0.1, 0.15) is 5.82 Å². The molecule has 0 fully saturated rings. The summed E-state index contributed by atoms with van der Waals surface area (Å²) in [4.78, 5) is 0. The van der Waals surface area contributed by atoms with Gasteiger partial charge in [-0.2, -0.15) is 0 Å². The molecule has 108 valence electrons. The quantitative estimate of drug-likeness (QED) is 0.664. The van der Waals surface area contributed by atoms with Crippen LogP contribution in [0.25, 0.3) is 0 Å². The molecule has 1 aromatic carbocycles. The van der Waals surface area contributed by atoms with E-state index < -0.39 is 0 Å². The van der Waals surface area contributed by atoms with Crippen molar-refractivity contribution in [2.45, 2.75) is 40.0 Å². The topological polar surface area (TPSA) is 24.1 Å².